The van der Waals surface area contributed by atoms with E-state index in [1.54, 1.807) is 18.5 Å². The highest BCUT2D eigenvalue weighted by Crippen LogP contribution is 2.08. The molecule has 16 heavy (non-hydrogen) atoms. The molecule has 0 aromatic carbocycles. The molecule has 2 aromatic heterocycles. The van der Waals surface area contributed by atoms with E-state index in [-0.39, 0.29) is 0 Å². The predicted molar refractivity (Wildman–Crippen MR) is 61.6 cm³/mol. The van der Waals surface area contributed by atoms with E-state index in [9.17, 15) is 0 Å². The van der Waals surface area contributed by atoms with Gasteiger partial charge in [-0.15, -0.1) is 0 Å². The topological polar surface area (TPSA) is 76.7 Å². The zero-order valence-electron chi connectivity index (χ0n) is 9.01. The smallest absolute Gasteiger partial charge is 0.143 e. The molecule has 0 bridgehead atoms. The third kappa shape index (κ3) is 2.52. The van der Waals surface area contributed by atoms with Crippen molar-refractivity contribution in [1.82, 2.24) is 15.0 Å². The summed E-state index contributed by atoms with van der Waals surface area (Å²) >= 11 is 0. The zero-order valence-corrected chi connectivity index (χ0v) is 9.01. The van der Waals surface area contributed by atoms with Crippen LogP contribution in [0.2, 0.25) is 0 Å². The minimum atomic E-state index is 0.636. The van der Waals surface area contributed by atoms with Gasteiger partial charge in [-0.3, -0.25) is 4.98 Å². The van der Waals surface area contributed by atoms with Crippen molar-refractivity contribution in [2.45, 2.75) is 13.3 Å². The van der Waals surface area contributed by atoms with Crippen LogP contribution in [-0.2, 0) is 6.42 Å². The van der Waals surface area contributed by atoms with Crippen molar-refractivity contribution in [2.75, 3.05) is 5.43 Å². The van der Waals surface area contributed by atoms with Crippen molar-refractivity contribution in [2.24, 2.45) is 5.84 Å². The maximum absolute atomic E-state index is 5.33. The highest BCUT2D eigenvalue weighted by molar-refractivity contribution is 5.34. The molecule has 5 nitrogen and oxygen atoms in total. The van der Waals surface area contributed by atoms with Crippen LogP contribution in [0.25, 0.3) is 0 Å². The van der Waals surface area contributed by atoms with Gasteiger partial charge < -0.3 is 5.43 Å². The average molecular weight is 215 g/mol. The third-order valence-electron chi connectivity index (χ3n) is 2.16. The summed E-state index contributed by atoms with van der Waals surface area (Å²) in [7, 11) is 0. The van der Waals surface area contributed by atoms with Crippen LogP contribution in [-0.4, -0.2) is 15.0 Å². The quantitative estimate of drug-likeness (QED) is 0.591. The van der Waals surface area contributed by atoms with E-state index in [1.807, 2.05) is 19.1 Å². The molecule has 0 radical (unpaired) electrons. The third-order valence-corrected chi connectivity index (χ3v) is 2.16. The van der Waals surface area contributed by atoms with Gasteiger partial charge in [-0.25, -0.2) is 15.8 Å². The molecule has 0 aliphatic carbocycles. The first-order chi connectivity index (χ1) is 7.78. The van der Waals surface area contributed by atoms with Crippen molar-refractivity contribution in [3.05, 3.63) is 47.7 Å². The fourth-order valence-corrected chi connectivity index (χ4v) is 1.47. The Bertz CT molecular complexity index is 469. The van der Waals surface area contributed by atoms with Gasteiger partial charge in [0, 0.05) is 30.6 Å². The molecule has 3 N–H and O–H groups in total. The Morgan fingerprint density at radius 3 is 2.69 bits per heavy atom. The van der Waals surface area contributed by atoms with Crippen LogP contribution in [0.5, 0.6) is 0 Å². The predicted octanol–water partition coefficient (Wildman–Crippen LogP) is 1.06. The molecule has 0 aliphatic heterocycles. The summed E-state index contributed by atoms with van der Waals surface area (Å²) in [5.41, 5.74) is 4.55. The molecule has 0 unspecified atom stereocenters. The van der Waals surface area contributed by atoms with Gasteiger partial charge in [0.25, 0.3) is 0 Å². The van der Waals surface area contributed by atoms with E-state index < -0.39 is 0 Å². The van der Waals surface area contributed by atoms with E-state index in [4.69, 9.17) is 5.84 Å². The minimum absolute atomic E-state index is 0.636. The maximum Gasteiger partial charge on any atom is 0.143 e. The fourth-order valence-electron chi connectivity index (χ4n) is 1.47. The molecule has 0 fully saturated rings. The summed E-state index contributed by atoms with van der Waals surface area (Å²) in [6.07, 6.45) is 4.19. The van der Waals surface area contributed by atoms with E-state index in [0.29, 0.717) is 12.2 Å². The normalized spacial score (nSPS) is 10.1. The Balaban J connectivity index is 2.24. The second kappa shape index (κ2) is 4.67. The number of rotatable bonds is 3. The van der Waals surface area contributed by atoms with E-state index >= 15 is 0 Å². The number of nitrogen functional groups attached to an aromatic ring is 1. The first-order valence-electron chi connectivity index (χ1n) is 4.98. The monoisotopic (exact) mass is 215 g/mol. The number of pyridine rings is 1. The molecular weight excluding hydrogens is 202 g/mol. The van der Waals surface area contributed by atoms with E-state index in [2.05, 4.69) is 20.4 Å². The number of hydrazine groups is 1. The van der Waals surface area contributed by atoms with Crippen LogP contribution in [0.1, 0.15) is 17.1 Å². The van der Waals surface area contributed by atoms with Gasteiger partial charge in [0.05, 0.1) is 0 Å². The average Bonchev–Trinajstić information content (AvgIpc) is 2.29. The van der Waals surface area contributed by atoms with Gasteiger partial charge >= 0.3 is 0 Å². The standard InChI is InChI=1S/C11H13N5/c1-8-6-11(16-12)15-10(14-8)7-9-2-4-13-5-3-9/h2-6H,7,12H2,1H3,(H,14,15,16). The largest absolute Gasteiger partial charge is 0.308 e. The molecule has 0 spiro atoms. The number of anilines is 1. The number of hydrogen-bond donors (Lipinski definition) is 2. The molecular formula is C11H13N5. The molecule has 0 saturated carbocycles. The van der Waals surface area contributed by atoms with Crippen LogP contribution < -0.4 is 11.3 Å². The molecule has 2 aromatic rings. The number of hydrogen-bond acceptors (Lipinski definition) is 5. The summed E-state index contributed by atoms with van der Waals surface area (Å²) in [6, 6.07) is 5.69. The maximum atomic E-state index is 5.33. The zero-order chi connectivity index (χ0) is 11.4. The van der Waals surface area contributed by atoms with E-state index in [1.165, 1.54) is 0 Å². The summed E-state index contributed by atoms with van der Waals surface area (Å²) in [6.45, 7) is 1.92. The second-order valence-corrected chi connectivity index (χ2v) is 3.49. The van der Waals surface area contributed by atoms with Crippen molar-refractivity contribution in [1.29, 1.82) is 0 Å². The molecule has 0 saturated heterocycles. The molecule has 82 valence electrons. The van der Waals surface area contributed by atoms with Crippen molar-refractivity contribution >= 4 is 5.82 Å². The van der Waals surface area contributed by atoms with Gasteiger partial charge in [0.15, 0.2) is 0 Å². The Hall–Kier alpha value is -2.01. The first kappa shape index (κ1) is 10.5. The number of nitrogens with one attached hydrogen (secondary N) is 1. The lowest BCUT2D eigenvalue weighted by Gasteiger charge is -2.05. The minimum Gasteiger partial charge on any atom is -0.308 e. The SMILES string of the molecule is Cc1cc(NN)nc(Cc2ccncc2)n1. The Morgan fingerprint density at radius 1 is 1.25 bits per heavy atom. The van der Waals surface area contributed by atoms with Crippen LogP contribution in [0.3, 0.4) is 0 Å². The first-order valence-corrected chi connectivity index (χ1v) is 4.98. The number of nitrogens with zero attached hydrogens (tertiary/aromatic N) is 3. The van der Waals surface area contributed by atoms with Crippen molar-refractivity contribution in [3.63, 3.8) is 0 Å². The molecule has 5 heteroatoms. The molecule has 2 rings (SSSR count). The van der Waals surface area contributed by atoms with Crippen LogP contribution in [0, 0.1) is 6.92 Å². The fraction of sp³-hybridized carbons (Fsp3) is 0.182. The van der Waals surface area contributed by atoms with Crippen LogP contribution >= 0.6 is 0 Å². The Labute approximate surface area is 93.7 Å². The second-order valence-electron chi connectivity index (χ2n) is 3.49. The number of aromatic nitrogens is 3. The summed E-state index contributed by atoms with van der Waals surface area (Å²) in [5, 5.41) is 0. The summed E-state index contributed by atoms with van der Waals surface area (Å²) in [5.74, 6) is 6.72. The van der Waals surface area contributed by atoms with Gasteiger partial charge in [-0.2, -0.15) is 0 Å². The van der Waals surface area contributed by atoms with Crippen molar-refractivity contribution < 1.29 is 0 Å². The van der Waals surface area contributed by atoms with Gasteiger partial charge in [0.2, 0.25) is 0 Å². The van der Waals surface area contributed by atoms with Gasteiger partial charge in [-0.05, 0) is 24.6 Å². The van der Waals surface area contributed by atoms with Crippen molar-refractivity contribution in [3.8, 4) is 0 Å². The number of aryl methyl sites for hydroxylation is 1. The van der Waals surface area contributed by atoms with Crippen LogP contribution in [0.4, 0.5) is 5.82 Å². The van der Waals surface area contributed by atoms with Crippen LogP contribution in [0.15, 0.2) is 30.6 Å². The Kier molecular flexibility index (Phi) is 3.07. The lowest BCUT2D eigenvalue weighted by atomic mass is 10.2. The lowest BCUT2D eigenvalue weighted by Crippen LogP contribution is -2.11. The van der Waals surface area contributed by atoms with E-state index in [0.717, 1.165) is 17.1 Å². The van der Waals surface area contributed by atoms with Gasteiger partial charge in [0.1, 0.15) is 11.6 Å². The summed E-state index contributed by atoms with van der Waals surface area (Å²) < 4.78 is 0. The molecule has 0 atom stereocenters. The molecule has 0 amide bonds. The molecule has 2 heterocycles. The Morgan fingerprint density at radius 2 is 2.00 bits per heavy atom. The van der Waals surface area contributed by atoms with Gasteiger partial charge in [-0.1, -0.05) is 0 Å². The highest BCUT2D eigenvalue weighted by atomic mass is 15.3. The lowest BCUT2D eigenvalue weighted by molar-refractivity contribution is 0.938. The highest BCUT2D eigenvalue weighted by Gasteiger charge is 2.02. The molecule has 0 aliphatic rings. The summed E-state index contributed by atoms with van der Waals surface area (Å²) in [4.78, 5) is 12.6. The number of nitrogens with two attached hydrogens (primary N) is 1.